The van der Waals surface area contributed by atoms with Crippen molar-refractivity contribution < 1.29 is 14.1 Å². The van der Waals surface area contributed by atoms with Crippen molar-refractivity contribution in [3.8, 4) is 34.3 Å². The molecule has 0 aliphatic heterocycles. The molecule has 31 heavy (non-hydrogen) atoms. The second-order valence-corrected chi connectivity index (χ2v) is 7.12. The van der Waals surface area contributed by atoms with Crippen LogP contribution in [0, 0.1) is 0 Å². The molecule has 0 aliphatic carbocycles. The van der Waals surface area contributed by atoms with Crippen LogP contribution in [0.3, 0.4) is 0 Å². The number of fused-ring (bicyclic) bond motifs is 1. The minimum atomic E-state index is 0.144. The van der Waals surface area contributed by atoms with E-state index in [0.29, 0.717) is 70.9 Å². The van der Waals surface area contributed by atoms with Gasteiger partial charge in [-0.05, 0) is 48.4 Å². The van der Waals surface area contributed by atoms with Crippen LogP contribution in [0.4, 0.5) is 5.82 Å². The summed E-state index contributed by atoms with van der Waals surface area (Å²) in [5.74, 6) is 1.83. The van der Waals surface area contributed by atoms with Crippen molar-refractivity contribution in [1.29, 1.82) is 0 Å². The first-order valence-corrected chi connectivity index (χ1v) is 10.1. The van der Waals surface area contributed by atoms with Crippen molar-refractivity contribution in [2.75, 3.05) is 26.0 Å². The summed E-state index contributed by atoms with van der Waals surface area (Å²) >= 11 is 6.26. The van der Waals surface area contributed by atoms with Gasteiger partial charge in [-0.25, -0.2) is 14.6 Å². The number of halogens is 1. The van der Waals surface area contributed by atoms with Crippen LogP contribution in [-0.2, 0) is 6.54 Å². The van der Waals surface area contributed by atoms with Crippen molar-refractivity contribution in [3.63, 3.8) is 0 Å². The minimum absolute atomic E-state index is 0.144. The van der Waals surface area contributed by atoms with E-state index in [2.05, 4.69) is 15.3 Å². The first kappa shape index (κ1) is 20.9. The number of anilines is 1. The number of hydrogen-bond acceptors (Lipinski definition) is 9. The molecule has 0 spiro atoms. The summed E-state index contributed by atoms with van der Waals surface area (Å²) < 4.78 is 18.2. The quantitative estimate of drug-likeness (QED) is 0.393. The van der Waals surface area contributed by atoms with Gasteiger partial charge in [0.05, 0.1) is 19.9 Å². The van der Waals surface area contributed by atoms with Gasteiger partial charge in [0.1, 0.15) is 22.5 Å². The van der Waals surface area contributed by atoms with Crippen molar-refractivity contribution in [3.05, 3.63) is 29.4 Å². The van der Waals surface area contributed by atoms with E-state index in [4.69, 9.17) is 42.2 Å². The highest BCUT2D eigenvalue weighted by atomic mass is 35.5. The molecule has 162 valence electrons. The Labute approximate surface area is 183 Å². The Morgan fingerprint density at radius 2 is 2.03 bits per heavy atom. The molecule has 0 aliphatic rings. The molecule has 11 heteroatoms. The van der Waals surface area contributed by atoms with E-state index in [1.807, 2.05) is 11.5 Å². The number of imidazole rings is 1. The standard InChI is InChI=1S/C20H22ClN7O3/c1-3-28-18-14(30-8-4-7-22)10-24-15(12-9-11(21)5-6-13(12)29-2)16(18)25-20(28)17-19(23)27-31-26-17/h5-6,9-10H,3-4,7-8,22H2,1-2H3,(H2,23,27). The molecule has 4 rings (SSSR count). The van der Waals surface area contributed by atoms with Gasteiger partial charge in [0.15, 0.2) is 23.1 Å². The lowest BCUT2D eigenvalue weighted by atomic mass is 10.1. The summed E-state index contributed by atoms with van der Waals surface area (Å²) in [6.45, 7) is 3.53. The SMILES string of the molecule is CCn1c(-c2nonc2N)nc2c(-c3cc(Cl)ccc3OC)ncc(OCCCN)c21. The van der Waals surface area contributed by atoms with Crippen LogP contribution in [0.15, 0.2) is 29.0 Å². The normalized spacial score (nSPS) is 11.2. The lowest BCUT2D eigenvalue weighted by Gasteiger charge is -2.13. The maximum Gasteiger partial charge on any atom is 0.199 e. The van der Waals surface area contributed by atoms with E-state index >= 15 is 0 Å². The van der Waals surface area contributed by atoms with Gasteiger partial charge in [-0.15, -0.1) is 0 Å². The first-order chi connectivity index (χ1) is 15.1. The van der Waals surface area contributed by atoms with Gasteiger partial charge in [0.2, 0.25) is 0 Å². The average molecular weight is 444 g/mol. The molecule has 0 saturated carbocycles. The molecule has 3 aromatic heterocycles. The van der Waals surface area contributed by atoms with E-state index in [1.165, 1.54) is 0 Å². The minimum Gasteiger partial charge on any atom is -0.496 e. The van der Waals surface area contributed by atoms with Crippen LogP contribution in [0.25, 0.3) is 33.8 Å². The molecule has 0 unspecified atom stereocenters. The zero-order valence-corrected chi connectivity index (χ0v) is 17.9. The topological polar surface area (TPSA) is 140 Å². The second kappa shape index (κ2) is 8.78. The molecule has 10 nitrogen and oxygen atoms in total. The maximum absolute atomic E-state index is 6.26. The molecular formula is C20H22ClN7O3. The summed E-state index contributed by atoms with van der Waals surface area (Å²) in [5.41, 5.74) is 14.5. The summed E-state index contributed by atoms with van der Waals surface area (Å²) in [5, 5.41) is 8.16. The van der Waals surface area contributed by atoms with E-state index in [0.717, 1.165) is 5.52 Å². The highest BCUT2D eigenvalue weighted by molar-refractivity contribution is 6.31. The number of aryl methyl sites for hydroxylation is 1. The number of hydrogen-bond donors (Lipinski definition) is 2. The fourth-order valence-electron chi connectivity index (χ4n) is 3.39. The molecular weight excluding hydrogens is 422 g/mol. The molecule has 1 aromatic carbocycles. The Morgan fingerprint density at radius 3 is 2.71 bits per heavy atom. The lowest BCUT2D eigenvalue weighted by molar-refractivity contribution is 0.310. The number of aromatic nitrogens is 5. The van der Waals surface area contributed by atoms with E-state index in [-0.39, 0.29) is 5.82 Å². The number of benzene rings is 1. The maximum atomic E-state index is 6.26. The van der Waals surface area contributed by atoms with Crippen molar-refractivity contribution in [2.24, 2.45) is 5.73 Å². The summed E-state index contributed by atoms with van der Waals surface area (Å²) in [4.78, 5) is 9.45. The Bertz CT molecular complexity index is 1220. The molecule has 0 fully saturated rings. The number of pyridine rings is 1. The molecule has 0 bridgehead atoms. The predicted octanol–water partition coefficient (Wildman–Crippen LogP) is 3.14. The zero-order chi connectivity index (χ0) is 22.0. The van der Waals surface area contributed by atoms with Crippen LogP contribution in [-0.4, -0.2) is 45.1 Å². The number of nitrogens with zero attached hydrogens (tertiary/aromatic N) is 5. The lowest BCUT2D eigenvalue weighted by Crippen LogP contribution is -2.08. The fraction of sp³-hybridized carbons (Fsp3) is 0.300. The number of rotatable bonds is 8. The van der Waals surface area contributed by atoms with Crippen molar-refractivity contribution >= 4 is 28.5 Å². The molecule has 0 amide bonds. The average Bonchev–Trinajstić information content (AvgIpc) is 3.37. The highest BCUT2D eigenvalue weighted by Crippen LogP contribution is 2.40. The van der Waals surface area contributed by atoms with Gasteiger partial charge >= 0.3 is 0 Å². The summed E-state index contributed by atoms with van der Waals surface area (Å²) in [6, 6.07) is 5.32. The van der Waals surface area contributed by atoms with Gasteiger partial charge in [0, 0.05) is 17.1 Å². The van der Waals surface area contributed by atoms with E-state index in [9.17, 15) is 0 Å². The van der Waals surface area contributed by atoms with Gasteiger partial charge in [-0.2, -0.15) is 0 Å². The van der Waals surface area contributed by atoms with Crippen LogP contribution in [0.1, 0.15) is 13.3 Å². The number of nitrogen functional groups attached to an aromatic ring is 1. The first-order valence-electron chi connectivity index (χ1n) is 9.73. The van der Waals surface area contributed by atoms with Gasteiger partial charge < -0.3 is 25.5 Å². The third kappa shape index (κ3) is 3.75. The predicted molar refractivity (Wildman–Crippen MR) is 117 cm³/mol. The molecule has 4 N–H and O–H groups in total. The van der Waals surface area contributed by atoms with Gasteiger partial charge in [-0.3, -0.25) is 0 Å². The number of methoxy groups -OCH3 is 1. The Hall–Kier alpha value is -3.37. The third-order valence-corrected chi connectivity index (χ3v) is 5.04. The zero-order valence-electron chi connectivity index (χ0n) is 17.1. The largest absolute Gasteiger partial charge is 0.496 e. The fourth-order valence-corrected chi connectivity index (χ4v) is 3.56. The second-order valence-electron chi connectivity index (χ2n) is 6.68. The Balaban J connectivity index is 2.01. The van der Waals surface area contributed by atoms with E-state index < -0.39 is 0 Å². The van der Waals surface area contributed by atoms with Crippen molar-refractivity contribution in [1.82, 2.24) is 24.8 Å². The molecule has 3 heterocycles. The van der Waals surface area contributed by atoms with Crippen LogP contribution >= 0.6 is 11.6 Å². The molecule has 0 atom stereocenters. The summed E-state index contributed by atoms with van der Waals surface area (Å²) in [6.07, 6.45) is 2.37. The molecule has 0 saturated heterocycles. The molecule has 0 radical (unpaired) electrons. The Morgan fingerprint density at radius 1 is 1.19 bits per heavy atom. The molecule has 4 aromatic rings. The number of nitrogens with two attached hydrogens (primary N) is 2. The Kier molecular flexibility index (Phi) is 5.92. The van der Waals surface area contributed by atoms with E-state index in [1.54, 1.807) is 31.5 Å². The van der Waals surface area contributed by atoms with Gasteiger partial charge in [0.25, 0.3) is 0 Å². The van der Waals surface area contributed by atoms with Crippen molar-refractivity contribution in [2.45, 2.75) is 19.9 Å². The highest BCUT2D eigenvalue weighted by Gasteiger charge is 2.25. The van der Waals surface area contributed by atoms with Gasteiger partial charge in [-0.1, -0.05) is 11.6 Å². The number of ether oxygens (including phenoxy) is 2. The van der Waals surface area contributed by atoms with Crippen LogP contribution in [0.2, 0.25) is 5.02 Å². The van der Waals surface area contributed by atoms with Crippen LogP contribution < -0.4 is 20.9 Å². The monoisotopic (exact) mass is 443 g/mol. The van der Waals surface area contributed by atoms with Crippen LogP contribution in [0.5, 0.6) is 11.5 Å². The summed E-state index contributed by atoms with van der Waals surface area (Å²) in [7, 11) is 1.59. The smallest absolute Gasteiger partial charge is 0.199 e. The third-order valence-electron chi connectivity index (χ3n) is 4.80.